The van der Waals surface area contributed by atoms with E-state index in [4.69, 9.17) is 0 Å². The third-order valence-electron chi connectivity index (χ3n) is 36.2. The zero-order valence-corrected chi connectivity index (χ0v) is 70.2. The molecule has 25 saturated carbocycles. The van der Waals surface area contributed by atoms with Gasteiger partial charge in [-0.15, -0.1) is 0 Å². The van der Waals surface area contributed by atoms with Gasteiger partial charge in [-0.2, -0.15) is 0 Å². The highest BCUT2D eigenvalue weighted by molar-refractivity contribution is 6.23. The highest BCUT2D eigenvalue weighted by Crippen LogP contribution is 3.01. The van der Waals surface area contributed by atoms with Crippen LogP contribution in [0.5, 0.6) is 0 Å². The second-order valence-corrected chi connectivity index (χ2v) is 43.0. The molecule has 0 atom stereocenters. The molecule has 0 saturated heterocycles. The van der Waals surface area contributed by atoms with Crippen LogP contribution in [0.25, 0.3) is 32.3 Å². The molecule has 0 aromatic heterocycles. The average molecular weight is 1580 g/mol. The third-order valence-corrected chi connectivity index (χ3v) is 36.2. The van der Waals surface area contributed by atoms with E-state index in [1.807, 2.05) is 0 Å². The first-order chi connectivity index (χ1) is 53.0. The summed E-state index contributed by atoms with van der Waals surface area (Å²) in [7, 11) is 0. The largest absolute Gasteiger partial charge is 0.0776 e. The van der Waals surface area contributed by atoms with Crippen LogP contribution in [0.1, 0.15) is 489 Å². The Morgan fingerprint density at radius 1 is 0.209 bits per heavy atom. The molecule has 0 aliphatic heterocycles. The molecular weight excluding hydrogens is 1380 g/mol. The van der Waals surface area contributed by atoms with Crippen LogP contribution in [0.4, 0.5) is 0 Å². The van der Waals surface area contributed by atoms with Crippen LogP contribution in [-0.2, 0) is 6.42 Å². The Morgan fingerprint density at radius 2 is 0.426 bits per heavy atom. The zero-order valence-electron chi connectivity index (χ0n) is 70.2. The fourth-order valence-electron chi connectivity index (χ4n) is 31.2. The van der Waals surface area contributed by atoms with Crippen molar-refractivity contribution in [3.8, 4) is 0 Å². The summed E-state index contributed by atoms with van der Waals surface area (Å²) < 4.78 is 0. The van der Waals surface area contributed by atoms with Crippen LogP contribution in [-0.4, -0.2) is 0 Å². The van der Waals surface area contributed by atoms with E-state index in [-0.39, 0.29) is 59.4 Å². The Hall–Kier alpha value is -2.34. The standard InChI is InChI=1S/C19H12.C13H22.C11H20.C10H16.C10H18.C8H8.C8H14.C7H12.3C6H12.C3H8.8CH4/c1-3-12-7-9-14-10-8-13-4-2-6-16-11-15(5-1)17(12)19(14)18(13)16;1-4-10-6-2-8-12-9-3-7-11(5-1)13(10)12;1-3-7-11(8-4-1)9-5-2-6-10-11;1-7-2-9-4-8(1)5-10(3-7)6-9;1-2-6-10-8-4-3-7-9(10)5-1;1-2-5-3(1)7-4(1)6(2)8(5)7;1-2-8-5-3-7(1)4-6-8;1-2-7-4-3-6(1)5-7;3*1-2-4-6-5-3-1;1-3-2;;;;;;;;/h1-10H,11H2;10-13H,1-9H2;1-10H2;7-10H,1-6H2;9-10H,1-8H2;1-8H;7-8H,1-6H2;6-7H,1-5H2;3*1-6H2;3H2,1-2H3;8*1H4. The second-order valence-electron chi connectivity index (χ2n) is 43.0. The normalized spacial score (nSPS) is 36.7. The molecule has 0 heteroatoms. The maximum Gasteiger partial charge on any atom is -0.00130 e. The SMILES string of the molecule is C.C.C.C.C.C.C.C.C12C3C4C1C1C2C3C41.C1C2CC3CC1CC(C2)C3.C1CC2CCC1C2.C1CC2CCC1CC2.C1CC2CCCC3CCCC(C1)C23.C1CCC2(CC1)CCCCC2.C1CCC2CCCCC2C1.C1CCCCC1.C1CCCCC1.C1CCCCC1.CCC.c1cc2c3c(c1)ccc1ccc4cccc(c4c13)C2. The molecule has 0 heterocycles. The highest BCUT2D eigenvalue weighted by atomic mass is 15.0. The molecule has 26 aliphatic carbocycles. The molecule has 658 valence electrons. The Kier molecular flexibility index (Phi) is 41.5. The molecule has 1 spiro atoms. The molecule has 0 radical (unpaired) electrons. The minimum Gasteiger partial charge on any atom is -0.0776 e. The lowest BCUT2D eigenvalue weighted by Crippen LogP contribution is -3.00. The van der Waals surface area contributed by atoms with E-state index in [1.165, 1.54) is 318 Å². The number of rotatable bonds is 0. The van der Waals surface area contributed by atoms with Crippen LogP contribution in [0.15, 0.2) is 60.7 Å². The summed E-state index contributed by atoms with van der Waals surface area (Å²) in [6, 6.07) is 22.4. The fraction of sp³-hybridized carbons (Fsp3) is 0.843. The Bertz CT molecular complexity index is 2830. The number of fused-ring (bicyclic) bond motifs is 6. The topological polar surface area (TPSA) is 0 Å². The van der Waals surface area contributed by atoms with Gasteiger partial charge in [0.25, 0.3) is 0 Å². The Morgan fingerprint density at radius 3 is 0.661 bits per heavy atom. The summed E-state index contributed by atoms with van der Waals surface area (Å²) in [5.41, 5.74) is 3.79. The van der Waals surface area contributed by atoms with Crippen molar-refractivity contribution < 1.29 is 0 Å². The van der Waals surface area contributed by atoms with Gasteiger partial charge in [0.15, 0.2) is 0 Å². The summed E-state index contributed by atoms with van der Waals surface area (Å²) in [4.78, 5) is 0. The van der Waals surface area contributed by atoms with Gasteiger partial charge in [-0.3, -0.25) is 0 Å². The Labute approximate surface area is 719 Å². The number of hydrogen-bond acceptors (Lipinski definition) is 0. The van der Waals surface area contributed by atoms with Gasteiger partial charge in [0, 0.05) is 0 Å². The molecule has 26 aliphatic rings. The molecule has 0 amide bonds. The smallest absolute Gasteiger partial charge is 0.00130 e. The summed E-state index contributed by atoms with van der Waals surface area (Å²) in [6.07, 6.45) is 98.0. The molecule has 30 rings (SSSR count). The molecule has 8 bridgehead atoms. The van der Waals surface area contributed by atoms with Crippen molar-refractivity contribution in [3.05, 3.63) is 71.8 Å². The first-order valence-corrected chi connectivity index (χ1v) is 50.3. The van der Waals surface area contributed by atoms with E-state index in [1.54, 1.807) is 218 Å². The average Bonchev–Trinajstić information content (AvgIpc) is 1.01. The van der Waals surface area contributed by atoms with Crippen molar-refractivity contribution in [2.45, 2.75) is 484 Å². The summed E-state index contributed by atoms with van der Waals surface area (Å²) in [5.74, 6) is 27.0. The lowest BCUT2D eigenvalue weighted by molar-refractivity contribution is -0.565. The van der Waals surface area contributed by atoms with Gasteiger partial charge in [-0.05, 0) is 256 Å². The van der Waals surface area contributed by atoms with Crippen molar-refractivity contribution in [1.82, 2.24) is 0 Å². The van der Waals surface area contributed by atoms with Crippen molar-refractivity contribution in [3.63, 3.8) is 0 Å². The first-order valence-electron chi connectivity index (χ1n) is 50.3. The monoisotopic (exact) mass is 1580 g/mol. The van der Waals surface area contributed by atoms with E-state index in [2.05, 4.69) is 74.5 Å². The van der Waals surface area contributed by atoms with Crippen LogP contribution < -0.4 is 0 Å². The van der Waals surface area contributed by atoms with Gasteiger partial charge in [0.2, 0.25) is 0 Å². The predicted molar refractivity (Wildman–Crippen MR) is 517 cm³/mol. The van der Waals surface area contributed by atoms with Crippen LogP contribution >= 0.6 is 0 Å². The third kappa shape index (κ3) is 23.6. The van der Waals surface area contributed by atoms with Crippen LogP contribution in [0.3, 0.4) is 0 Å². The summed E-state index contributed by atoms with van der Waals surface area (Å²) >= 11 is 0. The van der Waals surface area contributed by atoms with E-state index in [0.29, 0.717) is 0 Å². The van der Waals surface area contributed by atoms with Crippen LogP contribution in [0.2, 0.25) is 0 Å². The highest BCUT2D eigenvalue weighted by Gasteiger charge is 2.97. The van der Waals surface area contributed by atoms with Gasteiger partial charge in [0.1, 0.15) is 0 Å². The van der Waals surface area contributed by atoms with Gasteiger partial charge in [-0.25, -0.2) is 0 Å². The molecule has 0 N–H and O–H groups in total. The molecule has 4 aromatic rings. The minimum atomic E-state index is 0. The molecular formula is C115H198. The summed E-state index contributed by atoms with van der Waals surface area (Å²) in [5, 5.41) is 8.47. The van der Waals surface area contributed by atoms with Crippen molar-refractivity contribution in [2.75, 3.05) is 0 Å². The van der Waals surface area contributed by atoms with E-state index in [0.717, 1.165) is 53.3 Å². The number of benzene rings is 4. The van der Waals surface area contributed by atoms with Gasteiger partial charge in [-0.1, -0.05) is 468 Å². The maximum absolute atomic E-state index is 2.27. The van der Waals surface area contributed by atoms with E-state index >= 15 is 0 Å². The Balaban J connectivity index is 0.000000159. The van der Waals surface area contributed by atoms with Crippen LogP contribution in [0, 0.1) is 136 Å². The first kappa shape index (κ1) is 98.1. The fourth-order valence-corrected chi connectivity index (χ4v) is 31.2. The lowest BCUT2D eigenvalue weighted by Gasteiger charge is -3.03. The quantitative estimate of drug-likeness (QED) is 0.136. The lowest BCUT2D eigenvalue weighted by atomic mass is 9.01. The van der Waals surface area contributed by atoms with Crippen molar-refractivity contribution in [1.29, 1.82) is 0 Å². The van der Waals surface area contributed by atoms with Gasteiger partial charge >= 0.3 is 0 Å². The minimum absolute atomic E-state index is 0. The van der Waals surface area contributed by atoms with Crippen molar-refractivity contribution >= 4 is 32.3 Å². The molecule has 0 nitrogen and oxygen atoms in total. The summed E-state index contributed by atoms with van der Waals surface area (Å²) in [6.45, 7) is 4.25. The van der Waals surface area contributed by atoms with E-state index < -0.39 is 0 Å². The second kappa shape index (κ2) is 48.6. The molecule has 4 aromatic carbocycles. The van der Waals surface area contributed by atoms with Gasteiger partial charge < -0.3 is 0 Å². The molecule has 115 heavy (non-hydrogen) atoms. The van der Waals surface area contributed by atoms with Gasteiger partial charge in [0.05, 0.1) is 0 Å². The zero-order chi connectivity index (χ0) is 72.1. The maximum atomic E-state index is 2.27. The molecule has 0 unspecified atom stereocenters. The number of hydrogen-bond donors (Lipinski definition) is 0. The molecule has 25 fully saturated rings. The van der Waals surface area contributed by atoms with E-state index in [9.17, 15) is 0 Å². The predicted octanol–water partition coefficient (Wildman–Crippen LogP) is 38.4. The van der Waals surface area contributed by atoms with Crippen molar-refractivity contribution in [2.24, 2.45) is 136 Å².